The van der Waals surface area contributed by atoms with Crippen LogP contribution in [0.1, 0.15) is 49.9 Å². The van der Waals surface area contributed by atoms with Crippen molar-refractivity contribution in [3.63, 3.8) is 0 Å². The molecule has 2 rings (SSSR count). The minimum absolute atomic E-state index is 0.0648. The minimum Gasteiger partial charge on any atom is -0.438 e. The molecule has 0 aliphatic carbocycles. The van der Waals surface area contributed by atoms with Crippen LogP contribution in [-0.2, 0) is 33.8 Å². The Balaban J connectivity index is 3.09. The highest BCUT2D eigenvalue weighted by Crippen LogP contribution is 2.54. The van der Waals surface area contributed by atoms with Gasteiger partial charge in [0.15, 0.2) is 11.2 Å². The molecule has 2 aromatic carbocycles. The second kappa shape index (κ2) is 9.55. The number of carbonyl (C=O) groups is 2. The van der Waals surface area contributed by atoms with Crippen LogP contribution in [0.5, 0.6) is 0 Å². The first-order chi connectivity index (χ1) is 16.2. The fourth-order valence-corrected chi connectivity index (χ4v) is 4.60. The zero-order valence-corrected chi connectivity index (χ0v) is 19.9. The third kappa shape index (κ3) is 5.85. The average molecular weight is 520 g/mol. The van der Waals surface area contributed by atoms with Gasteiger partial charge < -0.3 is 20.9 Å². The smallest absolute Gasteiger partial charge is 0.416 e. The summed E-state index contributed by atoms with van der Waals surface area (Å²) >= 11 is 0. The van der Waals surface area contributed by atoms with Gasteiger partial charge in [-0.3, -0.25) is 0 Å². The van der Waals surface area contributed by atoms with Crippen molar-refractivity contribution in [2.24, 2.45) is 16.9 Å². The number of alkyl halides is 6. The van der Waals surface area contributed by atoms with Gasteiger partial charge in [0, 0.05) is 17.4 Å². The first kappa shape index (κ1) is 28.8. The Hall–Kier alpha value is -3.44. The lowest BCUT2D eigenvalue weighted by Crippen LogP contribution is -2.63. The van der Waals surface area contributed by atoms with Gasteiger partial charge in [-0.05, 0) is 30.7 Å². The maximum atomic E-state index is 13.7. The van der Waals surface area contributed by atoms with Gasteiger partial charge in [0.1, 0.15) is 0 Å². The molecule has 6 nitrogen and oxygen atoms in total. The molecule has 4 N–H and O–H groups in total. The Morgan fingerprint density at radius 3 is 1.50 bits per heavy atom. The van der Waals surface area contributed by atoms with Gasteiger partial charge in [-0.1, -0.05) is 51.1 Å². The van der Waals surface area contributed by atoms with E-state index in [1.807, 2.05) is 0 Å². The van der Waals surface area contributed by atoms with E-state index in [1.54, 1.807) is 30.3 Å². The number of rotatable bonds is 6. The zero-order valence-electron chi connectivity index (χ0n) is 19.9. The van der Waals surface area contributed by atoms with Gasteiger partial charge in [0.05, 0.1) is 11.1 Å². The maximum absolute atomic E-state index is 13.7. The topological polar surface area (TPSA) is 105 Å². The predicted molar refractivity (Wildman–Crippen MR) is 117 cm³/mol. The van der Waals surface area contributed by atoms with E-state index in [9.17, 15) is 35.9 Å². The van der Waals surface area contributed by atoms with Crippen molar-refractivity contribution < 1.29 is 45.4 Å². The Kier molecular flexibility index (Phi) is 7.64. The van der Waals surface area contributed by atoms with Crippen LogP contribution in [0.25, 0.3) is 0 Å². The molecule has 0 spiro atoms. The van der Waals surface area contributed by atoms with Gasteiger partial charge in [0.2, 0.25) is 0 Å². The summed E-state index contributed by atoms with van der Waals surface area (Å²) in [6, 6.07) is 8.80. The normalized spacial score (nSPS) is 15.9. The first-order valence-electron chi connectivity index (χ1n) is 10.5. The molecule has 0 aliphatic heterocycles. The van der Waals surface area contributed by atoms with Crippen LogP contribution >= 0.6 is 0 Å². The van der Waals surface area contributed by atoms with Crippen molar-refractivity contribution in [2.45, 2.75) is 57.7 Å². The highest BCUT2D eigenvalue weighted by molar-refractivity contribution is 5.68. The van der Waals surface area contributed by atoms with Crippen LogP contribution in [0, 0.1) is 5.41 Å². The van der Waals surface area contributed by atoms with Crippen LogP contribution in [0.4, 0.5) is 35.9 Å². The quantitative estimate of drug-likeness (QED) is 0.445. The Bertz CT molecular complexity index is 1080. The van der Waals surface area contributed by atoms with Crippen LogP contribution in [0.15, 0.2) is 48.5 Å². The van der Waals surface area contributed by atoms with Crippen LogP contribution < -0.4 is 11.5 Å². The van der Waals surface area contributed by atoms with E-state index in [-0.39, 0.29) is 12.5 Å². The molecule has 2 amide bonds. The van der Waals surface area contributed by atoms with Crippen molar-refractivity contribution in [1.29, 1.82) is 0 Å². The fourth-order valence-electron chi connectivity index (χ4n) is 4.60. The molecule has 0 aliphatic rings. The van der Waals surface area contributed by atoms with Gasteiger partial charge in [0.25, 0.3) is 0 Å². The lowest BCUT2D eigenvalue weighted by atomic mass is 9.61. The number of primary amides is 2. The van der Waals surface area contributed by atoms with E-state index in [0.29, 0.717) is 17.7 Å². The number of halogens is 6. The number of carbonyl (C=O) groups excluding carboxylic acids is 2. The summed E-state index contributed by atoms with van der Waals surface area (Å²) in [4.78, 5) is 24.2. The van der Waals surface area contributed by atoms with Crippen molar-refractivity contribution in [2.75, 3.05) is 0 Å². The lowest BCUT2D eigenvalue weighted by molar-refractivity contribution is -0.200. The number of nitrogens with two attached hydrogens (primary N) is 2. The Morgan fingerprint density at radius 2 is 1.14 bits per heavy atom. The lowest BCUT2D eigenvalue weighted by Gasteiger charge is -2.53. The standard InChI is InChI=1S/C24H26F6N2O4/c1-20(2,3)22(36-19(32)34,21(4,35-18(31)33)13-14-8-6-5-7-9-14)15-10-16(23(25,26)27)12-17(11-15)24(28,29)30/h5-12H,13H2,1-4H3,(H2,31,33)(H2,32,34)/t21-,22+/m1/s1. The summed E-state index contributed by atoms with van der Waals surface area (Å²) in [5.41, 5.74) is 0.853. The Labute approximate surface area is 203 Å². The van der Waals surface area contributed by atoms with E-state index < -0.39 is 57.8 Å². The molecule has 0 bridgehead atoms. The van der Waals surface area contributed by atoms with Gasteiger partial charge >= 0.3 is 24.5 Å². The molecular weight excluding hydrogens is 494 g/mol. The first-order valence-corrected chi connectivity index (χ1v) is 10.5. The van der Waals surface area contributed by atoms with Gasteiger partial charge in [-0.15, -0.1) is 0 Å². The minimum atomic E-state index is -5.20. The molecule has 0 heterocycles. The molecule has 0 unspecified atom stereocenters. The summed E-state index contributed by atoms with van der Waals surface area (Å²) in [6.45, 7) is 5.36. The summed E-state index contributed by atoms with van der Waals surface area (Å²) in [6.07, 6.45) is -13.7. The van der Waals surface area contributed by atoms with Crippen LogP contribution in [0.3, 0.4) is 0 Å². The maximum Gasteiger partial charge on any atom is 0.416 e. The highest BCUT2D eigenvalue weighted by Gasteiger charge is 2.63. The van der Waals surface area contributed by atoms with E-state index in [2.05, 4.69) is 0 Å². The molecule has 0 saturated heterocycles. The van der Waals surface area contributed by atoms with Gasteiger partial charge in [-0.25, -0.2) is 9.59 Å². The largest absolute Gasteiger partial charge is 0.438 e. The number of amides is 2. The molecule has 36 heavy (non-hydrogen) atoms. The van der Waals surface area contributed by atoms with E-state index in [1.165, 1.54) is 27.7 Å². The number of benzene rings is 2. The molecule has 0 aromatic heterocycles. The number of hydrogen-bond acceptors (Lipinski definition) is 4. The SMILES string of the molecule is CC(C)(C)[C@@](OC(N)=O)(c1cc(C(F)(F)F)cc(C(F)(F)F)c1)[C@@](C)(Cc1ccccc1)OC(N)=O. The molecule has 198 valence electrons. The molecule has 0 fully saturated rings. The van der Waals surface area contributed by atoms with Crippen LogP contribution in [-0.4, -0.2) is 17.8 Å². The van der Waals surface area contributed by atoms with Crippen molar-refractivity contribution in [3.8, 4) is 0 Å². The molecular formula is C24H26F6N2O4. The van der Waals surface area contributed by atoms with Crippen LogP contribution in [0.2, 0.25) is 0 Å². The molecule has 0 radical (unpaired) electrons. The third-order valence-corrected chi connectivity index (χ3v) is 5.76. The van der Waals surface area contributed by atoms with E-state index in [0.717, 1.165) is 0 Å². The summed E-state index contributed by atoms with van der Waals surface area (Å²) in [5.74, 6) is 0. The summed E-state index contributed by atoms with van der Waals surface area (Å²) in [5, 5.41) is 0. The molecule has 0 saturated carbocycles. The van der Waals surface area contributed by atoms with Gasteiger partial charge in [-0.2, -0.15) is 26.3 Å². The summed E-state index contributed by atoms with van der Waals surface area (Å²) < 4.78 is 93.2. The average Bonchev–Trinajstić information content (AvgIpc) is 2.69. The van der Waals surface area contributed by atoms with Crippen molar-refractivity contribution in [3.05, 3.63) is 70.8 Å². The van der Waals surface area contributed by atoms with Crippen molar-refractivity contribution >= 4 is 12.2 Å². The molecule has 2 aromatic rings. The fraction of sp³-hybridized carbons (Fsp3) is 0.417. The predicted octanol–water partition coefficient (Wildman–Crippen LogP) is 6.16. The zero-order chi connectivity index (χ0) is 27.7. The Morgan fingerprint density at radius 1 is 0.722 bits per heavy atom. The molecule has 12 heteroatoms. The molecule has 2 atom stereocenters. The summed E-state index contributed by atoms with van der Waals surface area (Å²) in [7, 11) is 0. The third-order valence-electron chi connectivity index (χ3n) is 5.76. The second-order valence-electron chi connectivity index (χ2n) is 9.46. The monoisotopic (exact) mass is 520 g/mol. The number of ether oxygens (including phenoxy) is 2. The highest BCUT2D eigenvalue weighted by atomic mass is 19.4. The number of hydrogen-bond donors (Lipinski definition) is 2. The van der Waals surface area contributed by atoms with E-state index >= 15 is 0 Å². The second-order valence-corrected chi connectivity index (χ2v) is 9.46. The van der Waals surface area contributed by atoms with Crippen molar-refractivity contribution in [1.82, 2.24) is 0 Å². The van der Waals surface area contributed by atoms with E-state index in [4.69, 9.17) is 20.9 Å².